The fourth-order valence-corrected chi connectivity index (χ4v) is 2.19. The summed E-state index contributed by atoms with van der Waals surface area (Å²) in [5.74, 6) is -0.365. The Morgan fingerprint density at radius 2 is 2.05 bits per heavy atom. The number of alkyl carbamates (subject to hydrolysis) is 1. The molecule has 0 saturated heterocycles. The zero-order valence-electron chi connectivity index (χ0n) is 12.0. The van der Waals surface area contributed by atoms with Crippen molar-refractivity contribution < 1.29 is 19.1 Å². The number of carbonyl (C=O) groups excluding carboxylic acids is 2. The third-order valence-electron chi connectivity index (χ3n) is 3.18. The highest BCUT2D eigenvalue weighted by Gasteiger charge is 2.26. The van der Waals surface area contributed by atoms with Crippen LogP contribution in [-0.4, -0.2) is 24.2 Å². The molecule has 0 bridgehead atoms. The maximum atomic E-state index is 11.8. The molecule has 21 heavy (non-hydrogen) atoms. The summed E-state index contributed by atoms with van der Waals surface area (Å²) in [7, 11) is 0. The van der Waals surface area contributed by atoms with Crippen LogP contribution < -0.4 is 5.32 Å². The molecule has 0 radical (unpaired) electrons. The number of ether oxygens (including phenoxy) is 2. The zero-order chi connectivity index (χ0) is 15.1. The normalized spacial score (nSPS) is 20.6. The molecule has 0 aromatic heterocycles. The maximum Gasteiger partial charge on any atom is 0.407 e. The number of benzene rings is 1. The monoisotopic (exact) mass is 289 g/mol. The number of allylic oxidation sites excluding steroid dienone is 1. The first-order chi connectivity index (χ1) is 10.1. The molecular formula is C16H19NO4. The largest absolute Gasteiger partial charge is 0.456 e. The van der Waals surface area contributed by atoms with Gasteiger partial charge in [-0.15, -0.1) is 0 Å². The summed E-state index contributed by atoms with van der Waals surface area (Å²) in [6, 6.07) is 9.21. The van der Waals surface area contributed by atoms with Gasteiger partial charge in [0.25, 0.3) is 0 Å². The molecule has 1 N–H and O–H groups in total. The van der Waals surface area contributed by atoms with Crippen molar-refractivity contribution in [2.75, 3.05) is 0 Å². The van der Waals surface area contributed by atoms with Gasteiger partial charge in [-0.1, -0.05) is 36.4 Å². The SMILES string of the molecule is CC(=O)O[C@@H]1C=CCC[C@@H]1NC(=O)OCc1ccccc1. The highest BCUT2D eigenvalue weighted by Crippen LogP contribution is 2.15. The van der Waals surface area contributed by atoms with E-state index in [1.54, 1.807) is 6.08 Å². The second-order valence-corrected chi connectivity index (χ2v) is 4.89. The van der Waals surface area contributed by atoms with E-state index in [1.807, 2.05) is 36.4 Å². The van der Waals surface area contributed by atoms with Crippen molar-refractivity contribution in [2.45, 2.75) is 38.5 Å². The minimum absolute atomic E-state index is 0.216. The lowest BCUT2D eigenvalue weighted by molar-refractivity contribution is -0.145. The van der Waals surface area contributed by atoms with E-state index in [9.17, 15) is 9.59 Å². The second-order valence-electron chi connectivity index (χ2n) is 4.89. The molecule has 112 valence electrons. The fourth-order valence-electron chi connectivity index (χ4n) is 2.19. The van der Waals surface area contributed by atoms with Crippen LogP contribution in [0.2, 0.25) is 0 Å². The highest BCUT2D eigenvalue weighted by atomic mass is 16.6. The van der Waals surface area contributed by atoms with Crippen LogP contribution in [0.4, 0.5) is 4.79 Å². The van der Waals surface area contributed by atoms with E-state index in [-0.39, 0.29) is 18.6 Å². The van der Waals surface area contributed by atoms with Gasteiger partial charge in [0.05, 0.1) is 6.04 Å². The third-order valence-corrected chi connectivity index (χ3v) is 3.18. The molecule has 0 spiro atoms. The van der Waals surface area contributed by atoms with Gasteiger partial charge in [0.15, 0.2) is 0 Å². The number of hydrogen-bond donors (Lipinski definition) is 1. The molecule has 0 fully saturated rings. The molecule has 1 amide bonds. The Labute approximate surface area is 123 Å². The van der Waals surface area contributed by atoms with E-state index < -0.39 is 12.2 Å². The number of amides is 1. The number of rotatable bonds is 4. The lowest BCUT2D eigenvalue weighted by atomic mass is 9.99. The second kappa shape index (κ2) is 7.47. The smallest absolute Gasteiger partial charge is 0.407 e. The van der Waals surface area contributed by atoms with Crippen LogP contribution in [0.3, 0.4) is 0 Å². The van der Waals surface area contributed by atoms with Crippen LogP contribution in [0.5, 0.6) is 0 Å². The lowest BCUT2D eigenvalue weighted by Crippen LogP contribution is -2.45. The molecule has 0 saturated carbocycles. The Hall–Kier alpha value is -2.30. The molecular weight excluding hydrogens is 270 g/mol. The highest BCUT2D eigenvalue weighted by molar-refractivity contribution is 5.68. The third kappa shape index (κ3) is 4.95. The van der Waals surface area contributed by atoms with E-state index in [0.29, 0.717) is 0 Å². The first-order valence-electron chi connectivity index (χ1n) is 6.96. The van der Waals surface area contributed by atoms with Crippen molar-refractivity contribution in [3.05, 3.63) is 48.0 Å². The van der Waals surface area contributed by atoms with Crippen LogP contribution in [-0.2, 0) is 20.9 Å². The van der Waals surface area contributed by atoms with E-state index in [0.717, 1.165) is 18.4 Å². The first-order valence-corrected chi connectivity index (χ1v) is 6.96. The number of esters is 1. The van der Waals surface area contributed by atoms with Gasteiger partial charge in [-0.3, -0.25) is 4.79 Å². The average Bonchev–Trinajstić information content (AvgIpc) is 2.48. The summed E-state index contributed by atoms with van der Waals surface area (Å²) in [6.07, 6.45) is 4.36. The quantitative estimate of drug-likeness (QED) is 0.683. The number of nitrogens with one attached hydrogen (secondary N) is 1. The Morgan fingerprint density at radius 1 is 1.29 bits per heavy atom. The van der Waals surface area contributed by atoms with Gasteiger partial charge in [-0.25, -0.2) is 4.79 Å². The molecule has 1 aliphatic carbocycles. The van der Waals surface area contributed by atoms with Gasteiger partial charge in [0, 0.05) is 6.92 Å². The summed E-state index contributed by atoms with van der Waals surface area (Å²) in [5.41, 5.74) is 0.924. The molecule has 1 aromatic carbocycles. The van der Waals surface area contributed by atoms with Crippen molar-refractivity contribution in [3.8, 4) is 0 Å². The van der Waals surface area contributed by atoms with E-state index in [2.05, 4.69) is 5.32 Å². The minimum Gasteiger partial charge on any atom is -0.456 e. The predicted molar refractivity (Wildman–Crippen MR) is 77.5 cm³/mol. The van der Waals surface area contributed by atoms with Gasteiger partial charge < -0.3 is 14.8 Å². The minimum atomic E-state index is -0.503. The van der Waals surface area contributed by atoms with Gasteiger partial charge in [0.1, 0.15) is 12.7 Å². The molecule has 5 heteroatoms. The average molecular weight is 289 g/mol. The standard InChI is InChI=1S/C16H19NO4/c1-12(18)21-15-10-6-5-9-14(15)17-16(19)20-11-13-7-3-2-4-8-13/h2-4,6-8,10,14-15H,5,9,11H2,1H3,(H,17,19)/t14-,15+/m0/s1. The van der Waals surface area contributed by atoms with Crippen LogP contribution in [0.1, 0.15) is 25.3 Å². The van der Waals surface area contributed by atoms with Gasteiger partial charge in [-0.2, -0.15) is 0 Å². The van der Waals surface area contributed by atoms with Crippen LogP contribution in [0.15, 0.2) is 42.5 Å². The predicted octanol–water partition coefficient (Wildman–Crippen LogP) is 2.56. The molecule has 2 rings (SSSR count). The van der Waals surface area contributed by atoms with Gasteiger partial charge in [0.2, 0.25) is 0 Å². The zero-order valence-corrected chi connectivity index (χ0v) is 12.0. The Kier molecular flexibility index (Phi) is 5.37. The Balaban J connectivity index is 1.83. The van der Waals surface area contributed by atoms with Gasteiger partial charge in [-0.05, 0) is 24.5 Å². The first kappa shape index (κ1) is 15.1. The van der Waals surface area contributed by atoms with E-state index in [4.69, 9.17) is 9.47 Å². The fraction of sp³-hybridized carbons (Fsp3) is 0.375. The number of hydrogen-bond acceptors (Lipinski definition) is 4. The summed E-state index contributed by atoms with van der Waals surface area (Å²) >= 11 is 0. The molecule has 0 unspecified atom stereocenters. The molecule has 5 nitrogen and oxygen atoms in total. The van der Waals surface area contributed by atoms with Crippen molar-refractivity contribution in [1.29, 1.82) is 0 Å². The van der Waals surface area contributed by atoms with Crippen LogP contribution in [0.25, 0.3) is 0 Å². The van der Waals surface area contributed by atoms with Gasteiger partial charge >= 0.3 is 12.1 Å². The number of carbonyl (C=O) groups is 2. The lowest BCUT2D eigenvalue weighted by Gasteiger charge is -2.27. The van der Waals surface area contributed by atoms with Crippen molar-refractivity contribution in [2.24, 2.45) is 0 Å². The Bertz CT molecular complexity index is 512. The Morgan fingerprint density at radius 3 is 2.76 bits per heavy atom. The van der Waals surface area contributed by atoms with Crippen molar-refractivity contribution in [3.63, 3.8) is 0 Å². The van der Waals surface area contributed by atoms with Crippen LogP contribution >= 0.6 is 0 Å². The van der Waals surface area contributed by atoms with Crippen LogP contribution in [0, 0.1) is 0 Å². The molecule has 0 aliphatic heterocycles. The molecule has 2 atom stereocenters. The van der Waals surface area contributed by atoms with Crippen molar-refractivity contribution >= 4 is 12.1 Å². The summed E-state index contributed by atoms with van der Waals surface area (Å²) in [5, 5.41) is 2.75. The van der Waals surface area contributed by atoms with Crippen molar-refractivity contribution in [1.82, 2.24) is 5.32 Å². The van der Waals surface area contributed by atoms with E-state index >= 15 is 0 Å². The maximum absolute atomic E-state index is 11.8. The summed E-state index contributed by atoms with van der Waals surface area (Å²) in [4.78, 5) is 22.9. The molecule has 0 heterocycles. The van der Waals surface area contributed by atoms with E-state index in [1.165, 1.54) is 6.92 Å². The summed E-state index contributed by atoms with van der Waals surface area (Å²) < 4.78 is 10.3. The molecule has 1 aromatic rings. The molecule has 1 aliphatic rings. The summed E-state index contributed by atoms with van der Waals surface area (Å²) in [6.45, 7) is 1.57. The topological polar surface area (TPSA) is 64.6 Å².